The number of rotatable bonds is 13. The number of fused-ring (bicyclic) bond motifs is 1. The van der Waals surface area contributed by atoms with E-state index in [1.165, 1.54) is 0 Å². The molecule has 1 fully saturated rings. The van der Waals surface area contributed by atoms with Crippen LogP contribution < -0.4 is 9.84 Å². The van der Waals surface area contributed by atoms with Crippen LogP contribution in [0.15, 0.2) is 85.1 Å². The zero-order chi connectivity index (χ0) is 27.8. The first-order valence-electron chi connectivity index (χ1n) is 13.3. The van der Waals surface area contributed by atoms with Crippen molar-refractivity contribution in [3.63, 3.8) is 0 Å². The molecule has 2 N–H and O–H groups in total. The van der Waals surface area contributed by atoms with Crippen molar-refractivity contribution in [3.8, 4) is 5.75 Å². The molecule has 9 nitrogen and oxygen atoms in total. The fourth-order valence-electron chi connectivity index (χ4n) is 4.53. The summed E-state index contributed by atoms with van der Waals surface area (Å²) in [6, 6.07) is 24.2. The lowest BCUT2D eigenvalue weighted by Gasteiger charge is -2.19. The van der Waals surface area contributed by atoms with Gasteiger partial charge >= 0.3 is 7.82 Å². The van der Waals surface area contributed by atoms with E-state index in [1.54, 1.807) is 17.0 Å². The SMILES string of the molecule is O=C(CN1CCCC1=O)NCCc1c[nH]c2ccc(OP(=O)(OCc3ccccc3)OCc3ccccc3)cc12. The number of hydrogen-bond acceptors (Lipinski definition) is 6. The highest BCUT2D eigenvalue weighted by Crippen LogP contribution is 2.51. The number of carbonyl (C=O) groups excluding carboxylic acids is 2. The lowest BCUT2D eigenvalue weighted by atomic mass is 10.1. The first-order chi connectivity index (χ1) is 19.5. The van der Waals surface area contributed by atoms with Crippen LogP contribution in [0.2, 0.25) is 0 Å². The lowest BCUT2D eigenvalue weighted by Crippen LogP contribution is -2.38. The quantitative estimate of drug-likeness (QED) is 0.213. The van der Waals surface area contributed by atoms with Crippen molar-refractivity contribution < 1.29 is 27.7 Å². The molecule has 1 saturated heterocycles. The number of carbonyl (C=O) groups is 2. The minimum absolute atomic E-state index is 0.0251. The Balaban J connectivity index is 1.25. The second kappa shape index (κ2) is 13.0. The number of benzene rings is 3. The number of nitrogens with zero attached hydrogens (tertiary/aromatic N) is 1. The van der Waals surface area contributed by atoms with Gasteiger partial charge in [0.25, 0.3) is 0 Å². The van der Waals surface area contributed by atoms with Crippen LogP contribution in [-0.4, -0.2) is 41.3 Å². The van der Waals surface area contributed by atoms with Gasteiger partial charge in [0.15, 0.2) is 0 Å². The summed E-state index contributed by atoms with van der Waals surface area (Å²) in [6.45, 7) is 1.26. The molecule has 208 valence electrons. The molecule has 40 heavy (non-hydrogen) atoms. The van der Waals surface area contributed by atoms with Crippen LogP contribution in [0.5, 0.6) is 5.75 Å². The third kappa shape index (κ3) is 7.39. The van der Waals surface area contributed by atoms with Crippen molar-refractivity contribution in [3.05, 3.63) is 102 Å². The molecule has 10 heteroatoms. The summed E-state index contributed by atoms with van der Waals surface area (Å²) < 4.78 is 31.1. The van der Waals surface area contributed by atoms with Gasteiger partial charge in [-0.2, -0.15) is 0 Å². The molecule has 1 aliphatic heterocycles. The first kappa shape index (κ1) is 27.6. The van der Waals surface area contributed by atoms with E-state index >= 15 is 0 Å². The van der Waals surface area contributed by atoms with E-state index < -0.39 is 7.82 Å². The molecule has 0 unspecified atom stereocenters. The van der Waals surface area contributed by atoms with Crippen LogP contribution in [0.1, 0.15) is 29.5 Å². The fraction of sp³-hybridized carbons (Fsp3) is 0.267. The third-order valence-corrected chi connectivity index (χ3v) is 7.97. The van der Waals surface area contributed by atoms with Crippen molar-refractivity contribution >= 4 is 30.5 Å². The Morgan fingerprint density at radius 3 is 2.25 bits per heavy atom. The Morgan fingerprint density at radius 2 is 1.62 bits per heavy atom. The highest BCUT2D eigenvalue weighted by molar-refractivity contribution is 7.48. The maximum atomic E-state index is 13.8. The van der Waals surface area contributed by atoms with Crippen molar-refractivity contribution in [2.24, 2.45) is 0 Å². The van der Waals surface area contributed by atoms with Crippen LogP contribution >= 0.6 is 7.82 Å². The van der Waals surface area contributed by atoms with Gasteiger partial charge < -0.3 is 19.7 Å². The number of amides is 2. The van der Waals surface area contributed by atoms with Crippen LogP contribution in [-0.2, 0) is 42.8 Å². The number of likely N-dealkylation sites (tertiary alicyclic amines) is 1. The Labute approximate surface area is 233 Å². The van der Waals surface area contributed by atoms with E-state index in [0.717, 1.165) is 34.0 Å². The lowest BCUT2D eigenvalue weighted by molar-refractivity contribution is -0.133. The summed E-state index contributed by atoms with van der Waals surface area (Å²) in [7, 11) is -4.00. The Morgan fingerprint density at radius 1 is 0.950 bits per heavy atom. The molecule has 0 saturated carbocycles. The average Bonchev–Trinajstić information content (AvgIpc) is 3.57. The molecular weight excluding hydrogens is 529 g/mol. The summed E-state index contributed by atoms with van der Waals surface area (Å²) in [5.74, 6) is 0.192. The normalized spacial score (nSPS) is 13.6. The number of hydrogen-bond donors (Lipinski definition) is 2. The largest absolute Gasteiger partial charge is 0.530 e. The number of phosphoric acid groups is 1. The van der Waals surface area contributed by atoms with Crippen LogP contribution in [0, 0.1) is 0 Å². The monoisotopic (exact) mass is 561 g/mol. The summed E-state index contributed by atoms with van der Waals surface area (Å²) in [6.07, 6.45) is 3.75. The van der Waals surface area contributed by atoms with Gasteiger partial charge in [-0.05, 0) is 47.7 Å². The molecule has 0 aliphatic carbocycles. The summed E-state index contributed by atoms with van der Waals surface area (Å²) in [4.78, 5) is 28.9. The molecule has 4 aromatic rings. The highest BCUT2D eigenvalue weighted by atomic mass is 31.2. The van der Waals surface area contributed by atoms with Crippen LogP contribution in [0.4, 0.5) is 0 Å². The zero-order valence-corrected chi connectivity index (χ0v) is 23.0. The van der Waals surface area contributed by atoms with Gasteiger partial charge in [0.1, 0.15) is 5.75 Å². The van der Waals surface area contributed by atoms with Crippen molar-refractivity contribution in [2.45, 2.75) is 32.5 Å². The predicted molar refractivity (Wildman–Crippen MR) is 152 cm³/mol. The zero-order valence-electron chi connectivity index (χ0n) is 22.1. The van der Waals surface area contributed by atoms with Gasteiger partial charge in [0, 0.05) is 36.6 Å². The van der Waals surface area contributed by atoms with Gasteiger partial charge in [0.2, 0.25) is 11.8 Å². The highest BCUT2D eigenvalue weighted by Gasteiger charge is 2.29. The van der Waals surface area contributed by atoms with Gasteiger partial charge in [-0.15, -0.1) is 0 Å². The van der Waals surface area contributed by atoms with Crippen LogP contribution in [0.3, 0.4) is 0 Å². The fourth-order valence-corrected chi connectivity index (χ4v) is 5.70. The molecular formula is C30H32N3O6P. The molecule has 0 bridgehead atoms. The molecule has 0 radical (unpaired) electrons. The number of aromatic nitrogens is 1. The van der Waals surface area contributed by atoms with E-state index in [-0.39, 0.29) is 31.6 Å². The molecule has 1 aromatic heterocycles. The summed E-state index contributed by atoms with van der Waals surface area (Å²) in [5, 5.41) is 3.76. The van der Waals surface area contributed by atoms with Gasteiger partial charge in [-0.1, -0.05) is 60.7 Å². The van der Waals surface area contributed by atoms with E-state index in [2.05, 4.69) is 10.3 Å². The first-order valence-corrected chi connectivity index (χ1v) is 14.7. The topological polar surface area (TPSA) is 110 Å². The number of aromatic amines is 1. The van der Waals surface area contributed by atoms with Gasteiger partial charge in [0.05, 0.1) is 19.8 Å². The molecule has 0 atom stereocenters. The summed E-state index contributed by atoms with van der Waals surface area (Å²) in [5.41, 5.74) is 3.52. The summed E-state index contributed by atoms with van der Waals surface area (Å²) >= 11 is 0. The predicted octanol–water partition coefficient (Wildman–Crippen LogP) is 5.37. The number of H-pyrrole nitrogens is 1. The number of nitrogens with one attached hydrogen (secondary N) is 2. The third-order valence-electron chi connectivity index (χ3n) is 6.64. The minimum Gasteiger partial charge on any atom is -0.404 e. The second-order valence-electron chi connectivity index (χ2n) is 9.60. The standard InChI is InChI=1S/C30H32N3O6P/c34-29(20-33-17-7-12-30(33)35)31-16-15-25-19-32-28-14-13-26(18-27(25)28)39-40(36,37-21-23-8-3-1-4-9-23)38-22-24-10-5-2-6-11-24/h1-6,8-11,13-14,18-19,32H,7,12,15-17,20-22H2,(H,31,34). The maximum Gasteiger partial charge on any atom is 0.530 e. The molecule has 2 heterocycles. The molecule has 1 aliphatic rings. The van der Waals surface area contributed by atoms with Crippen molar-refractivity contribution in [2.75, 3.05) is 19.6 Å². The molecule has 0 spiro atoms. The van der Waals surface area contributed by atoms with Gasteiger partial charge in [-0.25, -0.2) is 4.57 Å². The molecule has 3 aromatic carbocycles. The smallest absolute Gasteiger partial charge is 0.404 e. The maximum absolute atomic E-state index is 13.8. The van der Waals surface area contributed by atoms with Gasteiger partial charge in [-0.3, -0.25) is 18.6 Å². The molecule has 5 rings (SSSR count). The Kier molecular flexibility index (Phi) is 8.96. The van der Waals surface area contributed by atoms with Crippen molar-refractivity contribution in [1.29, 1.82) is 0 Å². The molecule has 2 amide bonds. The average molecular weight is 562 g/mol. The second-order valence-corrected chi connectivity index (χ2v) is 11.2. The number of phosphoric ester groups is 1. The minimum atomic E-state index is -4.00. The van der Waals surface area contributed by atoms with E-state index in [0.29, 0.717) is 31.7 Å². The van der Waals surface area contributed by atoms with Crippen LogP contribution in [0.25, 0.3) is 10.9 Å². The van der Waals surface area contributed by atoms with Crippen molar-refractivity contribution in [1.82, 2.24) is 15.2 Å². The van der Waals surface area contributed by atoms with E-state index in [9.17, 15) is 14.2 Å². The van der Waals surface area contributed by atoms with E-state index in [1.807, 2.05) is 72.9 Å². The van der Waals surface area contributed by atoms with E-state index in [4.69, 9.17) is 13.6 Å². The Hall–Kier alpha value is -3.91. The Bertz CT molecular complexity index is 1440.